The van der Waals surface area contributed by atoms with Gasteiger partial charge in [-0.1, -0.05) is 11.6 Å². The first-order chi connectivity index (χ1) is 13.0. The maximum Gasteiger partial charge on any atom is 0.280 e. The molecule has 10 heteroatoms. The molecule has 0 spiro atoms. The van der Waals surface area contributed by atoms with Gasteiger partial charge in [0, 0.05) is 38.2 Å². The molecule has 2 amide bonds. The quantitative estimate of drug-likeness (QED) is 0.723. The van der Waals surface area contributed by atoms with Gasteiger partial charge in [-0.25, -0.2) is 9.97 Å². The molecule has 2 aliphatic rings. The van der Waals surface area contributed by atoms with Crippen LogP contribution in [0.25, 0.3) is 0 Å². The van der Waals surface area contributed by atoms with Crippen LogP contribution in [0.3, 0.4) is 0 Å². The third-order valence-corrected chi connectivity index (χ3v) is 5.11. The molecule has 2 unspecified atom stereocenters. The number of halogens is 1. The second kappa shape index (κ2) is 6.75. The van der Waals surface area contributed by atoms with E-state index in [0.29, 0.717) is 29.6 Å². The Hall–Kier alpha value is -2.78. The lowest BCUT2D eigenvalue weighted by Crippen LogP contribution is -2.61. The number of hydrogen-bond acceptors (Lipinski definition) is 7. The van der Waals surface area contributed by atoms with Crippen LogP contribution in [0.15, 0.2) is 30.7 Å². The normalized spacial score (nSPS) is 22.8. The van der Waals surface area contributed by atoms with Crippen LogP contribution in [-0.4, -0.2) is 69.5 Å². The number of amides is 2. The van der Waals surface area contributed by atoms with E-state index in [4.69, 9.17) is 11.6 Å². The van der Waals surface area contributed by atoms with Gasteiger partial charge in [-0.05, 0) is 19.2 Å². The van der Waals surface area contributed by atoms with Gasteiger partial charge in [0.25, 0.3) is 5.91 Å². The Balaban J connectivity index is 1.84. The van der Waals surface area contributed by atoms with Crippen LogP contribution in [0.4, 0.5) is 10.6 Å². The molecule has 9 nitrogen and oxygen atoms in total. The zero-order chi connectivity index (χ0) is 19.1. The van der Waals surface area contributed by atoms with Gasteiger partial charge in [0.05, 0.1) is 16.8 Å². The first kappa shape index (κ1) is 17.6. The topological polar surface area (TPSA) is 106 Å². The smallest absolute Gasteiger partial charge is 0.280 e. The fourth-order valence-corrected chi connectivity index (χ4v) is 3.77. The lowest BCUT2D eigenvalue weighted by atomic mass is 10.0. The molecular weight excluding hydrogens is 372 g/mol. The average molecular weight is 388 g/mol. The van der Waals surface area contributed by atoms with Crippen LogP contribution in [0, 0.1) is 0 Å². The predicted molar refractivity (Wildman–Crippen MR) is 94.2 cm³/mol. The number of pyridine rings is 1. The third kappa shape index (κ3) is 2.98. The molecule has 2 aliphatic heterocycles. The Labute approximate surface area is 160 Å². The molecule has 2 aromatic rings. The van der Waals surface area contributed by atoms with E-state index in [9.17, 15) is 14.7 Å². The van der Waals surface area contributed by atoms with Gasteiger partial charge in [-0.2, -0.15) is 0 Å². The van der Waals surface area contributed by atoms with E-state index >= 15 is 0 Å². The molecule has 0 radical (unpaired) electrons. The number of likely N-dealkylation sites (N-methyl/N-ethyl adjacent to an activating group) is 1. The van der Waals surface area contributed by atoms with Crippen molar-refractivity contribution >= 4 is 29.4 Å². The van der Waals surface area contributed by atoms with Crippen molar-refractivity contribution in [1.82, 2.24) is 24.8 Å². The molecule has 27 heavy (non-hydrogen) atoms. The van der Waals surface area contributed by atoms with Crippen LogP contribution in [0.5, 0.6) is 0 Å². The Morgan fingerprint density at radius 2 is 2.00 bits per heavy atom. The van der Waals surface area contributed by atoms with Gasteiger partial charge in [-0.15, -0.1) is 0 Å². The molecule has 0 saturated carbocycles. The lowest BCUT2D eigenvalue weighted by Gasteiger charge is -2.45. The molecule has 0 N–H and O–H groups in total. The fourth-order valence-electron chi connectivity index (χ4n) is 3.65. The van der Waals surface area contributed by atoms with Crippen LogP contribution < -0.4 is 10.0 Å². The zero-order valence-electron chi connectivity index (χ0n) is 14.4. The number of carbonyl (C=O) groups is 2. The maximum atomic E-state index is 13.0. The Morgan fingerprint density at radius 1 is 1.22 bits per heavy atom. The van der Waals surface area contributed by atoms with Crippen molar-refractivity contribution in [2.24, 2.45) is 0 Å². The Kier molecular flexibility index (Phi) is 4.40. The summed E-state index contributed by atoms with van der Waals surface area (Å²) in [5.41, 5.74) is 0.636. The number of carbonyl (C=O) groups excluding carboxylic acids is 2. The minimum atomic E-state index is -1.28. The third-order valence-electron chi connectivity index (χ3n) is 4.89. The molecule has 0 aliphatic carbocycles. The summed E-state index contributed by atoms with van der Waals surface area (Å²) in [7, 11) is 1.90. The summed E-state index contributed by atoms with van der Waals surface area (Å²) >= 11 is 5.92. The molecule has 0 aromatic carbocycles. The van der Waals surface area contributed by atoms with Gasteiger partial charge >= 0.3 is 0 Å². The van der Waals surface area contributed by atoms with Crippen LogP contribution >= 0.6 is 11.6 Å². The fraction of sp³-hybridized carbons (Fsp3) is 0.353. The van der Waals surface area contributed by atoms with Crippen molar-refractivity contribution in [1.29, 1.82) is 0 Å². The van der Waals surface area contributed by atoms with E-state index in [-0.39, 0.29) is 18.1 Å². The number of hydrogen-bond donors (Lipinski definition) is 0. The maximum absolute atomic E-state index is 13.0. The number of fused-ring (bicyclic) bond motifs is 1. The van der Waals surface area contributed by atoms with Crippen molar-refractivity contribution in [3.05, 3.63) is 47.1 Å². The highest BCUT2D eigenvalue weighted by Crippen LogP contribution is 2.39. The molecule has 140 valence electrons. The van der Waals surface area contributed by atoms with Gasteiger partial charge in [-0.3, -0.25) is 14.7 Å². The molecule has 4 rings (SSSR count). The first-order valence-electron chi connectivity index (χ1n) is 8.39. The van der Waals surface area contributed by atoms with Crippen molar-refractivity contribution in [3.63, 3.8) is 0 Å². The summed E-state index contributed by atoms with van der Waals surface area (Å²) < 4.78 is 0. The predicted octanol–water partition coefficient (Wildman–Crippen LogP) is 0.186. The number of aromatic nitrogens is 3. The Morgan fingerprint density at radius 3 is 2.70 bits per heavy atom. The largest absolute Gasteiger partial charge is 0.530 e. The summed E-state index contributed by atoms with van der Waals surface area (Å²) in [6.07, 6.45) is 3.10. The number of rotatable bonds is 2. The summed E-state index contributed by atoms with van der Waals surface area (Å²) in [4.78, 5) is 42.2. The van der Waals surface area contributed by atoms with Crippen LogP contribution in [0.2, 0.25) is 5.02 Å². The number of anilines is 1. The summed E-state index contributed by atoms with van der Waals surface area (Å²) in [5.74, 6) is -0.00910. The van der Waals surface area contributed by atoms with Crippen LogP contribution in [0.1, 0.15) is 22.2 Å². The summed E-state index contributed by atoms with van der Waals surface area (Å²) in [5, 5.41) is 12.2. The number of nitrogens with zero attached hydrogens (tertiary/aromatic N) is 6. The highest BCUT2D eigenvalue weighted by Gasteiger charge is 2.48. The minimum Gasteiger partial charge on any atom is -0.530 e. The second-order valence-corrected chi connectivity index (χ2v) is 6.97. The van der Waals surface area contributed by atoms with Crippen LogP contribution in [-0.2, 0) is 0 Å². The van der Waals surface area contributed by atoms with Gasteiger partial charge in [0.1, 0.15) is 18.0 Å². The highest BCUT2D eigenvalue weighted by molar-refractivity contribution is 6.30. The van der Waals surface area contributed by atoms with Crippen molar-refractivity contribution < 1.29 is 14.7 Å². The SMILES string of the molecule is CN1CCN(C(=O)[O-])C(C2c3nccnc3C(=O)N2c2ccc(Cl)cn2)C1. The molecule has 1 fully saturated rings. The number of carboxylic acid groups (broad SMARTS) is 1. The second-order valence-electron chi connectivity index (χ2n) is 6.53. The molecule has 2 aromatic heterocycles. The van der Waals surface area contributed by atoms with Crippen molar-refractivity contribution in [2.45, 2.75) is 12.1 Å². The van der Waals surface area contributed by atoms with E-state index in [2.05, 4.69) is 15.0 Å². The van der Waals surface area contributed by atoms with Gasteiger partial charge < -0.3 is 19.7 Å². The van der Waals surface area contributed by atoms with Crippen molar-refractivity contribution in [3.8, 4) is 0 Å². The Bertz CT molecular complexity index is 892. The van der Waals surface area contributed by atoms with Gasteiger partial charge in [0.15, 0.2) is 5.69 Å². The zero-order valence-corrected chi connectivity index (χ0v) is 15.2. The average Bonchev–Trinajstić information content (AvgIpc) is 2.95. The van der Waals surface area contributed by atoms with E-state index in [1.54, 1.807) is 12.1 Å². The molecule has 1 saturated heterocycles. The van der Waals surface area contributed by atoms with E-state index in [0.717, 1.165) is 0 Å². The summed E-state index contributed by atoms with van der Waals surface area (Å²) in [6, 6.07) is 2.03. The lowest BCUT2D eigenvalue weighted by molar-refractivity contribution is -0.270. The molecule has 4 heterocycles. The van der Waals surface area contributed by atoms with E-state index in [1.165, 1.54) is 28.4 Å². The summed E-state index contributed by atoms with van der Waals surface area (Å²) in [6.45, 7) is 1.29. The van der Waals surface area contributed by atoms with Gasteiger partial charge in [0.2, 0.25) is 0 Å². The van der Waals surface area contributed by atoms with E-state index in [1.807, 2.05) is 11.9 Å². The molecule has 0 bridgehead atoms. The highest BCUT2D eigenvalue weighted by atomic mass is 35.5. The molecule has 2 atom stereocenters. The molecular formula is C17H16ClN6O3-. The minimum absolute atomic E-state index is 0.200. The van der Waals surface area contributed by atoms with E-state index < -0.39 is 18.2 Å². The number of piperazine rings is 1. The monoisotopic (exact) mass is 387 g/mol. The standard InChI is InChI=1S/C17H17ClN6O3/c1-22-6-7-23(17(26)27)11(9-22)15-13-14(20-5-4-19-13)16(25)24(15)12-3-2-10(18)8-21-12/h2-5,8,11,15H,6-7,9H2,1H3,(H,26,27)/p-1. The van der Waals surface area contributed by atoms with Crippen molar-refractivity contribution in [2.75, 3.05) is 31.6 Å². The first-order valence-corrected chi connectivity index (χ1v) is 8.77.